The predicted octanol–water partition coefficient (Wildman–Crippen LogP) is 6.16. The lowest BCUT2D eigenvalue weighted by Gasteiger charge is -2.44. The SMILES string of the molecule is COc1ccc2cc3[n+](cc2c1OC)CCc1cc2c(cc1-3)OCO2.c1ccc([B-](c2ccccc2)(c2ccccc2)c2ccccc2)cc1. The molecule has 0 spiro atoms. The van der Waals surface area contributed by atoms with E-state index in [2.05, 4.69) is 156 Å². The van der Waals surface area contributed by atoms with Crippen LogP contribution < -0.4 is 45.4 Å². The Morgan fingerprint density at radius 2 is 1.10 bits per heavy atom. The van der Waals surface area contributed by atoms with E-state index in [-0.39, 0.29) is 0 Å². The average molecular weight is 656 g/mol. The number of methoxy groups -OCH3 is 2. The Balaban J connectivity index is 0.000000144. The summed E-state index contributed by atoms with van der Waals surface area (Å²) in [5.74, 6) is 3.18. The van der Waals surface area contributed by atoms with Gasteiger partial charge in [-0.3, -0.25) is 0 Å². The van der Waals surface area contributed by atoms with Gasteiger partial charge in [-0.05, 0) is 35.2 Å². The lowest BCUT2D eigenvalue weighted by atomic mass is 9.13. The molecule has 0 aliphatic carbocycles. The number of rotatable bonds is 6. The summed E-state index contributed by atoms with van der Waals surface area (Å²) in [4.78, 5) is 0. The van der Waals surface area contributed by atoms with E-state index >= 15 is 0 Å². The zero-order chi connectivity index (χ0) is 33.9. The van der Waals surface area contributed by atoms with Gasteiger partial charge in [0.25, 0.3) is 0 Å². The van der Waals surface area contributed by atoms with Crippen molar-refractivity contribution < 1.29 is 23.5 Å². The number of ether oxygens (including phenoxy) is 4. The van der Waals surface area contributed by atoms with Crippen LogP contribution in [0.25, 0.3) is 22.0 Å². The van der Waals surface area contributed by atoms with Crippen LogP contribution >= 0.6 is 0 Å². The van der Waals surface area contributed by atoms with Crippen molar-refractivity contribution in [3.63, 3.8) is 0 Å². The van der Waals surface area contributed by atoms with Gasteiger partial charge in [0.15, 0.2) is 35.7 Å². The fourth-order valence-electron chi connectivity index (χ4n) is 7.89. The lowest BCUT2D eigenvalue weighted by molar-refractivity contribution is -0.686. The quantitative estimate of drug-likeness (QED) is 0.159. The summed E-state index contributed by atoms with van der Waals surface area (Å²) in [6.07, 6.45) is 1.90. The van der Waals surface area contributed by atoms with E-state index in [4.69, 9.17) is 18.9 Å². The molecule has 0 bridgehead atoms. The number of fused-ring (bicyclic) bond motifs is 5. The standard InChI is InChI=1S/C24H20B.C20H18NO4/c1-5-13-21(14-6-1)25(22-15-7-2-8-16-22,23-17-9-3-10-18-23)24-19-11-4-12-20-24;1-22-17-4-3-12-7-16-14-9-19-18(24-11-25-19)8-13(14)5-6-21(16)10-15(12)20(17)23-2/h1-20H;3-4,7-10H,5-6,11H2,1-2H3/q-1;+1. The molecule has 0 saturated carbocycles. The van der Waals surface area contributed by atoms with Gasteiger partial charge < -0.3 is 18.9 Å². The third kappa shape index (κ3) is 5.43. The normalized spacial score (nSPS) is 12.7. The van der Waals surface area contributed by atoms with Crippen LogP contribution in [0.1, 0.15) is 5.56 Å². The third-order valence-corrected chi connectivity index (χ3v) is 10.2. The van der Waals surface area contributed by atoms with Crippen LogP contribution in [0.3, 0.4) is 0 Å². The molecular weight excluding hydrogens is 617 g/mol. The Hall–Kier alpha value is -6.01. The predicted molar refractivity (Wildman–Crippen MR) is 203 cm³/mol. The van der Waals surface area contributed by atoms with Gasteiger partial charge in [0.05, 0.1) is 25.2 Å². The smallest absolute Gasteiger partial charge is 0.231 e. The molecule has 50 heavy (non-hydrogen) atoms. The van der Waals surface area contributed by atoms with Crippen LogP contribution in [0.15, 0.2) is 158 Å². The van der Waals surface area contributed by atoms with Crippen molar-refractivity contribution in [3.8, 4) is 34.3 Å². The minimum absolute atomic E-state index is 0.299. The largest absolute Gasteiger partial charge is 0.493 e. The maximum absolute atomic E-state index is 5.60. The fourth-order valence-corrected chi connectivity index (χ4v) is 7.89. The summed E-state index contributed by atoms with van der Waals surface area (Å²) in [5.41, 5.74) is 9.03. The molecule has 0 fully saturated rings. The number of nitrogens with zero attached hydrogens (tertiary/aromatic N) is 1. The lowest BCUT2D eigenvalue weighted by Crippen LogP contribution is -2.74. The molecular formula is C44H38BNO4. The van der Waals surface area contributed by atoms with Gasteiger partial charge in [-0.2, -0.15) is 26.4 Å². The zero-order valence-corrected chi connectivity index (χ0v) is 28.3. The van der Waals surface area contributed by atoms with E-state index in [0.717, 1.165) is 46.7 Å². The Morgan fingerprint density at radius 3 is 1.60 bits per heavy atom. The number of aryl methyl sites for hydroxylation is 2. The van der Waals surface area contributed by atoms with E-state index in [1.807, 2.05) is 6.07 Å². The van der Waals surface area contributed by atoms with Gasteiger partial charge in [-0.1, -0.05) is 121 Å². The van der Waals surface area contributed by atoms with Crippen molar-refractivity contribution in [2.24, 2.45) is 0 Å². The van der Waals surface area contributed by atoms with E-state index in [9.17, 15) is 0 Å². The van der Waals surface area contributed by atoms with Gasteiger partial charge in [-0.15, -0.1) is 0 Å². The highest BCUT2D eigenvalue weighted by Gasteiger charge is 2.31. The summed E-state index contributed by atoms with van der Waals surface area (Å²) in [5, 5.41) is 2.17. The molecule has 0 N–H and O–H groups in total. The highest BCUT2D eigenvalue weighted by Crippen LogP contribution is 2.41. The van der Waals surface area contributed by atoms with E-state index < -0.39 is 6.15 Å². The highest BCUT2D eigenvalue weighted by molar-refractivity contribution is 7.19. The second-order valence-corrected chi connectivity index (χ2v) is 12.8. The van der Waals surface area contributed by atoms with Crippen LogP contribution in [0.5, 0.6) is 23.0 Å². The second kappa shape index (κ2) is 13.5. The zero-order valence-electron chi connectivity index (χ0n) is 28.3. The first-order valence-electron chi connectivity index (χ1n) is 17.1. The monoisotopic (exact) mass is 655 g/mol. The van der Waals surface area contributed by atoms with Crippen LogP contribution in [-0.4, -0.2) is 27.2 Å². The molecule has 0 unspecified atom stereocenters. The molecule has 246 valence electrons. The minimum atomic E-state index is -1.22. The maximum atomic E-state index is 5.60. The average Bonchev–Trinajstić information content (AvgIpc) is 3.66. The van der Waals surface area contributed by atoms with Crippen LogP contribution in [0.2, 0.25) is 0 Å². The van der Waals surface area contributed by atoms with E-state index in [0.29, 0.717) is 6.79 Å². The molecule has 0 atom stereocenters. The first-order chi connectivity index (χ1) is 24.7. The Labute approximate surface area is 293 Å². The molecule has 1 aromatic heterocycles. The third-order valence-electron chi connectivity index (χ3n) is 10.2. The molecule has 6 aromatic carbocycles. The number of aromatic nitrogens is 1. The fraction of sp³-hybridized carbons (Fsp3) is 0.114. The van der Waals surface area contributed by atoms with Crippen LogP contribution in [0, 0.1) is 0 Å². The molecule has 2 aliphatic heterocycles. The maximum Gasteiger partial charge on any atom is 0.231 e. The molecule has 2 aliphatic rings. The number of hydrogen-bond acceptors (Lipinski definition) is 4. The highest BCUT2D eigenvalue weighted by atomic mass is 16.7. The number of hydrogen-bond donors (Lipinski definition) is 0. The van der Waals surface area contributed by atoms with Crippen molar-refractivity contribution >= 4 is 38.8 Å². The summed E-state index contributed by atoms with van der Waals surface area (Å²) in [6, 6.07) is 54.0. The van der Waals surface area contributed by atoms with E-state index in [1.165, 1.54) is 38.7 Å². The minimum Gasteiger partial charge on any atom is -0.493 e. The number of pyridine rings is 1. The Bertz CT molecular complexity index is 2100. The van der Waals surface area contributed by atoms with Crippen molar-refractivity contribution in [3.05, 3.63) is 163 Å². The van der Waals surface area contributed by atoms with Gasteiger partial charge in [0, 0.05) is 12.5 Å². The van der Waals surface area contributed by atoms with Gasteiger partial charge in [0.1, 0.15) is 6.15 Å². The first kappa shape index (κ1) is 31.3. The summed E-state index contributed by atoms with van der Waals surface area (Å²) in [7, 11) is 3.34. The second-order valence-electron chi connectivity index (χ2n) is 12.8. The van der Waals surface area contributed by atoms with Gasteiger partial charge in [0.2, 0.25) is 12.5 Å². The van der Waals surface area contributed by atoms with Crippen LogP contribution in [-0.2, 0) is 13.0 Å². The molecule has 9 rings (SSSR count). The molecule has 0 saturated heterocycles. The van der Waals surface area contributed by atoms with Crippen molar-refractivity contribution in [1.29, 1.82) is 0 Å². The Morgan fingerprint density at radius 1 is 0.580 bits per heavy atom. The van der Waals surface area contributed by atoms with Gasteiger partial charge in [-0.25, -0.2) is 0 Å². The van der Waals surface area contributed by atoms with Crippen LogP contribution in [0.4, 0.5) is 0 Å². The summed E-state index contributed by atoms with van der Waals surface area (Å²) in [6.45, 7) is 1.21. The molecule has 0 amide bonds. The summed E-state index contributed by atoms with van der Waals surface area (Å²) < 4.78 is 24.4. The van der Waals surface area contributed by atoms with Crippen molar-refractivity contribution in [1.82, 2.24) is 0 Å². The topological polar surface area (TPSA) is 40.8 Å². The van der Waals surface area contributed by atoms with Crippen molar-refractivity contribution in [2.75, 3.05) is 21.0 Å². The molecule has 6 heteroatoms. The van der Waals surface area contributed by atoms with Gasteiger partial charge >= 0.3 is 0 Å². The molecule has 7 aromatic rings. The summed E-state index contributed by atoms with van der Waals surface area (Å²) >= 11 is 0. The first-order valence-corrected chi connectivity index (χ1v) is 17.1. The molecule has 5 nitrogen and oxygen atoms in total. The Kier molecular flexibility index (Phi) is 8.43. The number of benzene rings is 6. The van der Waals surface area contributed by atoms with E-state index in [1.54, 1.807) is 14.2 Å². The van der Waals surface area contributed by atoms with Crippen molar-refractivity contribution in [2.45, 2.75) is 13.0 Å². The molecule has 3 heterocycles. The molecule has 0 radical (unpaired) electrons.